The Morgan fingerprint density at radius 2 is 2.03 bits per heavy atom. The second-order valence-corrected chi connectivity index (χ2v) is 8.48. The van der Waals surface area contributed by atoms with E-state index in [0.717, 1.165) is 73.0 Å². The molecule has 2 aliphatic rings. The normalized spacial score (nSPS) is 19.0. The minimum atomic E-state index is -0.385. The Balaban J connectivity index is 1.26. The first-order valence-electron chi connectivity index (χ1n) is 11.1. The van der Waals surface area contributed by atoms with E-state index in [0.29, 0.717) is 11.8 Å². The number of hydrogen-bond donors (Lipinski definition) is 2. The molecule has 4 aromatic heterocycles. The third kappa shape index (κ3) is 3.37. The first kappa shape index (κ1) is 19.5. The smallest absolute Gasteiger partial charge is 0.228 e. The third-order valence-electron chi connectivity index (χ3n) is 6.50. The molecule has 0 amide bonds. The summed E-state index contributed by atoms with van der Waals surface area (Å²) in [5.41, 5.74) is 3.82. The van der Waals surface area contributed by atoms with Crippen LogP contribution in [0.15, 0.2) is 36.8 Å². The maximum atomic E-state index is 5.95. The third-order valence-corrected chi connectivity index (χ3v) is 6.50. The van der Waals surface area contributed by atoms with Gasteiger partial charge in [-0.15, -0.1) is 0 Å². The van der Waals surface area contributed by atoms with Gasteiger partial charge in [0.15, 0.2) is 5.79 Å². The number of pyridine rings is 1. The van der Waals surface area contributed by atoms with Crippen LogP contribution in [0.4, 0.5) is 5.95 Å². The minimum absolute atomic E-state index is 0.274. The summed E-state index contributed by atoms with van der Waals surface area (Å²) in [6.45, 7) is 1.58. The number of nitrogens with zero attached hydrogens (tertiary/aromatic N) is 4. The van der Waals surface area contributed by atoms with Gasteiger partial charge < -0.3 is 24.5 Å². The van der Waals surface area contributed by atoms with Crippen LogP contribution in [0, 0.1) is 0 Å². The molecule has 1 aliphatic carbocycles. The molecule has 0 bridgehead atoms. The number of H-pyrrole nitrogens is 1. The molecule has 6 rings (SSSR count). The Morgan fingerprint density at radius 1 is 1.19 bits per heavy atom. The van der Waals surface area contributed by atoms with Gasteiger partial charge in [0.05, 0.1) is 31.2 Å². The number of aromatic amines is 1. The van der Waals surface area contributed by atoms with E-state index in [1.54, 1.807) is 13.3 Å². The predicted molar refractivity (Wildman–Crippen MR) is 120 cm³/mol. The fourth-order valence-electron chi connectivity index (χ4n) is 4.82. The summed E-state index contributed by atoms with van der Waals surface area (Å²) < 4.78 is 19.4. The maximum absolute atomic E-state index is 5.95. The van der Waals surface area contributed by atoms with Crippen molar-refractivity contribution in [3.63, 3.8) is 0 Å². The van der Waals surface area contributed by atoms with Crippen LogP contribution < -0.4 is 10.1 Å². The molecule has 1 saturated heterocycles. The number of hydrogen-bond acceptors (Lipinski definition) is 7. The van der Waals surface area contributed by atoms with Crippen molar-refractivity contribution in [3.05, 3.63) is 36.8 Å². The summed E-state index contributed by atoms with van der Waals surface area (Å²) in [7, 11) is 1.64. The number of ether oxygens (including phenoxy) is 3. The van der Waals surface area contributed by atoms with Crippen LogP contribution in [0.25, 0.3) is 27.7 Å². The molecule has 0 aromatic carbocycles. The van der Waals surface area contributed by atoms with Gasteiger partial charge in [-0.05, 0) is 43.0 Å². The monoisotopic (exact) mass is 434 g/mol. The average molecular weight is 435 g/mol. The van der Waals surface area contributed by atoms with Crippen LogP contribution in [0.5, 0.6) is 5.88 Å². The molecule has 2 N–H and O–H groups in total. The Labute approximate surface area is 185 Å². The van der Waals surface area contributed by atoms with E-state index in [9.17, 15) is 0 Å². The van der Waals surface area contributed by atoms with E-state index in [-0.39, 0.29) is 11.8 Å². The van der Waals surface area contributed by atoms with Gasteiger partial charge in [-0.3, -0.25) is 0 Å². The molecule has 0 atom stereocenters. The average Bonchev–Trinajstić information content (AvgIpc) is 3.47. The molecule has 1 spiro atoms. The summed E-state index contributed by atoms with van der Waals surface area (Å²) in [5, 5.41) is 8.63. The van der Waals surface area contributed by atoms with Gasteiger partial charge in [-0.2, -0.15) is 15.1 Å². The van der Waals surface area contributed by atoms with Gasteiger partial charge in [-0.1, -0.05) is 0 Å². The van der Waals surface area contributed by atoms with Crippen molar-refractivity contribution in [3.8, 4) is 17.0 Å². The van der Waals surface area contributed by atoms with Crippen molar-refractivity contribution in [2.45, 2.75) is 43.9 Å². The van der Waals surface area contributed by atoms with E-state index in [4.69, 9.17) is 19.2 Å². The van der Waals surface area contributed by atoms with Crippen LogP contribution in [0.2, 0.25) is 0 Å². The highest BCUT2D eigenvalue weighted by atomic mass is 16.7. The van der Waals surface area contributed by atoms with Crippen molar-refractivity contribution in [2.75, 3.05) is 25.6 Å². The summed E-state index contributed by atoms with van der Waals surface area (Å²) in [6, 6.07) is 6.37. The molecule has 2 fully saturated rings. The van der Waals surface area contributed by atoms with Crippen molar-refractivity contribution >= 4 is 22.5 Å². The Morgan fingerprint density at radius 3 is 2.84 bits per heavy atom. The maximum Gasteiger partial charge on any atom is 0.228 e. The van der Waals surface area contributed by atoms with E-state index >= 15 is 0 Å². The molecule has 32 heavy (non-hydrogen) atoms. The quantitative estimate of drug-likeness (QED) is 0.504. The molecule has 166 valence electrons. The molecular formula is C23H26N6O3. The Hall–Kier alpha value is -3.17. The van der Waals surface area contributed by atoms with Gasteiger partial charge in [0.2, 0.25) is 11.8 Å². The van der Waals surface area contributed by atoms with Crippen LogP contribution >= 0.6 is 0 Å². The fourth-order valence-corrected chi connectivity index (χ4v) is 4.82. The van der Waals surface area contributed by atoms with Crippen LogP contribution in [0.1, 0.15) is 32.1 Å². The molecule has 4 aromatic rings. The zero-order chi connectivity index (χ0) is 21.5. The van der Waals surface area contributed by atoms with E-state index in [2.05, 4.69) is 26.4 Å². The van der Waals surface area contributed by atoms with Crippen molar-refractivity contribution in [1.82, 2.24) is 24.6 Å². The molecule has 1 saturated carbocycles. The molecule has 9 heteroatoms. The van der Waals surface area contributed by atoms with E-state index in [1.165, 1.54) is 0 Å². The first-order chi connectivity index (χ1) is 15.7. The molecule has 0 radical (unpaired) electrons. The van der Waals surface area contributed by atoms with Crippen molar-refractivity contribution in [1.29, 1.82) is 0 Å². The lowest BCUT2D eigenvalue weighted by molar-refractivity contribution is -0.280. The summed E-state index contributed by atoms with van der Waals surface area (Å²) in [6.07, 6.45) is 10.3. The standard InChI is InChI=1S/C23H26N6O3/c1-30-21-19-18(15-6-10-29-17(13-15)5-9-25-29)14-24-20(19)27-22(28-21)26-16-3-7-23(8-4-16)31-11-2-12-32-23/h5-6,9-10,13-14,16H,2-4,7-8,11-12H2,1H3,(H2,24,26,27,28). The lowest BCUT2D eigenvalue weighted by Gasteiger charge is -2.42. The molecule has 0 unspecified atom stereocenters. The number of anilines is 1. The fraction of sp³-hybridized carbons (Fsp3) is 0.435. The second kappa shape index (κ2) is 7.75. The number of nitrogens with one attached hydrogen (secondary N) is 2. The Kier molecular flexibility index (Phi) is 4.73. The number of rotatable bonds is 4. The lowest BCUT2D eigenvalue weighted by Crippen LogP contribution is -2.45. The zero-order valence-electron chi connectivity index (χ0n) is 18.0. The zero-order valence-corrected chi connectivity index (χ0v) is 18.0. The van der Waals surface area contributed by atoms with E-state index in [1.807, 2.05) is 29.0 Å². The predicted octanol–water partition coefficient (Wildman–Crippen LogP) is 3.77. The molecular weight excluding hydrogens is 408 g/mol. The summed E-state index contributed by atoms with van der Waals surface area (Å²) in [5.74, 6) is 0.734. The number of methoxy groups -OCH3 is 1. The molecule has 1 aliphatic heterocycles. The van der Waals surface area contributed by atoms with E-state index < -0.39 is 0 Å². The molecule has 9 nitrogen and oxygen atoms in total. The lowest BCUT2D eigenvalue weighted by atomic mass is 9.89. The number of fused-ring (bicyclic) bond motifs is 2. The largest absolute Gasteiger partial charge is 0.480 e. The van der Waals surface area contributed by atoms with Crippen LogP contribution in [0.3, 0.4) is 0 Å². The summed E-state index contributed by atoms with van der Waals surface area (Å²) in [4.78, 5) is 12.7. The molecule has 5 heterocycles. The number of aromatic nitrogens is 5. The Bertz CT molecular complexity index is 1250. The van der Waals surface area contributed by atoms with Crippen LogP contribution in [-0.4, -0.2) is 56.7 Å². The highest BCUT2D eigenvalue weighted by molar-refractivity contribution is 5.98. The van der Waals surface area contributed by atoms with Crippen molar-refractivity contribution < 1.29 is 14.2 Å². The first-order valence-corrected chi connectivity index (χ1v) is 11.1. The van der Waals surface area contributed by atoms with Gasteiger partial charge in [-0.25, -0.2) is 4.52 Å². The summed E-state index contributed by atoms with van der Waals surface area (Å²) >= 11 is 0. The van der Waals surface area contributed by atoms with Gasteiger partial charge >= 0.3 is 0 Å². The van der Waals surface area contributed by atoms with Gasteiger partial charge in [0.25, 0.3) is 0 Å². The SMILES string of the molecule is COc1nc(NC2CCC3(CC2)OCCCO3)nc2[nH]cc(-c3ccn4nccc4c3)c12. The second-order valence-electron chi connectivity index (χ2n) is 8.48. The van der Waals surface area contributed by atoms with Gasteiger partial charge in [0.1, 0.15) is 5.65 Å². The topological polar surface area (TPSA) is 98.6 Å². The highest BCUT2D eigenvalue weighted by Crippen LogP contribution is 2.37. The highest BCUT2D eigenvalue weighted by Gasteiger charge is 2.39. The van der Waals surface area contributed by atoms with Crippen LogP contribution in [-0.2, 0) is 9.47 Å². The van der Waals surface area contributed by atoms with Gasteiger partial charge in [0, 0.05) is 43.0 Å². The van der Waals surface area contributed by atoms with Crippen molar-refractivity contribution in [2.24, 2.45) is 0 Å². The minimum Gasteiger partial charge on any atom is -0.480 e.